The van der Waals surface area contributed by atoms with E-state index in [4.69, 9.17) is 14.2 Å². The van der Waals surface area contributed by atoms with Gasteiger partial charge in [-0.05, 0) is 61.0 Å². The Bertz CT molecular complexity index is 1110. The van der Waals surface area contributed by atoms with Gasteiger partial charge in [0.25, 0.3) is 5.91 Å². The van der Waals surface area contributed by atoms with Crippen LogP contribution in [0.3, 0.4) is 0 Å². The maximum Gasteiger partial charge on any atom is 0.253 e. The summed E-state index contributed by atoms with van der Waals surface area (Å²) in [4.78, 5) is 17.0. The van der Waals surface area contributed by atoms with Gasteiger partial charge in [-0.1, -0.05) is 13.3 Å². The van der Waals surface area contributed by atoms with Crippen molar-refractivity contribution in [3.8, 4) is 28.5 Å². The number of carbonyl (C=O) groups is 1. The third kappa shape index (κ3) is 5.82. The summed E-state index contributed by atoms with van der Waals surface area (Å²) < 4.78 is 16.5. The lowest BCUT2D eigenvalue weighted by Gasteiger charge is -2.35. The summed E-state index contributed by atoms with van der Waals surface area (Å²) in [5.74, 6) is 3.06. The zero-order valence-corrected chi connectivity index (χ0v) is 20.6. The van der Waals surface area contributed by atoms with Crippen molar-refractivity contribution in [1.29, 1.82) is 0 Å². The largest absolute Gasteiger partial charge is 0.497 e. The number of nitrogens with zero attached hydrogens (tertiary/aromatic N) is 4. The average molecular weight is 477 g/mol. The molecule has 1 aliphatic rings. The number of carbonyl (C=O) groups excluding carboxylic acids is 1. The fourth-order valence-corrected chi connectivity index (χ4v) is 4.00. The number of aromatic nitrogens is 2. The number of hydrogen-bond donors (Lipinski definition) is 0. The number of piperazine rings is 1. The minimum Gasteiger partial charge on any atom is -0.497 e. The van der Waals surface area contributed by atoms with Gasteiger partial charge >= 0.3 is 0 Å². The highest BCUT2D eigenvalue weighted by atomic mass is 16.5. The molecule has 4 rings (SSSR count). The molecule has 0 N–H and O–H groups in total. The Hall–Kier alpha value is -3.81. The van der Waals surface area contributed by atoms with Gasteiger partial charge in [-0.2, -0.15) is 0 Å². The molecule has 1 aliphatic heterocycles. The van der Waals surface area contributed by atoms with Gasteiger partial charge in [0.2, 0.25) is 0 Å². The molecule has 2 aromatic carbocycles. The van der Waals surface area contributed by atoms with E-state index in [0.29, 0.717) is 49.8 Å². The second-order valence-electron chi connectivity index (χ2n) is 8.35. The van der Waals surface area contributed by atoms with Gasteiger partial charge < -0.3 is 24.0 Å². The number of benzene rings is 2. The number of unbranched alkanes of at least 4 members (excludes halogenated alkanes) is 1. The van der Waals surface area contributed by atoms with E-state index >= 15 is 0 Å². The first-order valence-corrected chi connectivity index (χ1v) is 12.0. The second-order valence-corrected chi connectivity index (χ2v) is 8.35. The molecule has 0 atom stereocenters. The van der Waals surface area contributed by atoms with Crippen molar-refractivity contribution < 1.29 is 19.0 Å². The van der Waals surface area contributed by atoms with Gasteiger partial charge in [0.1, 0.15) is 17.2 Å². The third-order valence-corrected chi connectivity index (χ3v) is 6.09. The predicted octanol–water partition coefficient (Wildman–Crippen LogP) is 4.30. The van der Waals surface area contributed by atoms with Crippen LogP contribution in [0.5, 0.6) is 17.2 Å². The molecule has 1 amide bonds. The molecule has 0 aliphatic carbocycles. The standard InChI is InChI=1S/C27H32N4O4/c1-4-5-18-35-21-8-6-20(7-9-21)27(32)31-16-14-30(15-17-31)26-13-11-24(28-29-26)23-19-22(33-2)10-12-25(23)34-3/h6-13,19H,4-5,14-18H2,1-3H3. The number of rotatable bonds is 9. The van der Waals surface area contributed by atoms with Gasteiger partial charge in [-0.25, -0.2) is 0 Å². The summed E-state index contributed by atoms with van der Waals surface area (Å²) in [6.45, 7) is 5.47. The Morgan fingerprint density at radius 2 is 1.63 bits per heavy atom. The van der Waals surface area contributed by atoms with E-state index in [2.05, 4.69) is 22.0 Å². The summed E-state index contributed by atoms with van der Waals surface area (Å²) in [5, 5.41) is 8.87. The molecule has 1 saturated heterocycles. The summed E-state index contributed by atoms with van der Waals surface area (Å²) >= 11 is 0. The van der Waals surface area contributed by atoms with Crippen LogP contribution in [-0.4, -0.2) is 68.0 Å². The number of hydrogen-bond acceptors (Lipinski definition) is 7. The molecule has 3 aromatic rings. The molecule has 0 saturated carbocycles. The van der Waals surface area contributed by atoms with Gasteiger partial charge in [0.05, 0.1) is 26.5 Å². The van der Waals surface area contributed by atoms with E-state index in [-0.39, 0.29) is 5.91 Å². The second kappa shape index (κ2) is 11.6. The van der Waals surface area contributed by atoms with Crippen LogP contribution in [0.1, 0.15) is 30.1 Å². The third-order valence-electron chi connectivity index (χ3n) is 6.09. The highest BCUT2D eigenvalue weighted by molar-refractivity contribution is 5.94. The van der Waals surface area contributed by atoms with E-state index in [0.717, 1.165) is 35.7 Å². The van der Waals surface area contributed by atoms with Gasteiger partial charge in [0, 0.05) is 37.3 Å². The summed E-state index contributed by atoms with van der Waals surface area (Å²) in [6, 6.07) is 16.9. The predicted molar refractivity (Wildman–Crippen MR) is 136 cm³/mol. The summed E-state index contributed by atoms with van der Waals surface area (Å²) in [6.07, 6.45) is 2.11. The maximum atomic E-state index is 12.9. The molecule has 8 nitrogen and oxygen atoms in total. The van der Waals surface area contributed by atoms with Crippen LogP contribution >= 0.6 is 0 Å². The van der Waals surface area contributed by atoms with Crippen LogP contribution in [0, 0.1) is 0 Å². The molecule has 184 valence electrons. The van der Waals surface area contributed by atoms with Gasteiger partial charge in [0.15, 0.2) is 5.82 Å². The smallest absolute Gasteiger partial charge is 0.253 e. The summed E-state index contributed by atoms with van der Waals surface area (Å²) in [5.41, 5.74) is 2.21. The van der Waals surface area contributed by atoms with E-state index < -0.39 is 0 Å². The zero-order chi connectivity index (χ0) is 24.6. The first kappa shape index (κ1) is 24.3. The zero-order valence-electron chi connectivity index (χ0n) is 20.6. The Labute approximate surface area is 206 Å². The van der Waals surface area contributed by atoms with Crippen LogP contribution in [0.25, 0.3) is 11.3 Å². The topological polar surface area (TPSA) is 77.0 Å². The fraction of sp³-hybridized carbons (Fsp3) is 0.370. The first-order valence-electron chi connectivity index (χ1n) is 12.0. The van der Waals surface area contributed by atoms with Crippen LogP contribution in [-0.2, 0) is 0 Å². The number of anilines is 1. The van der Waals surface area contributed by atoms with Crippen LogP contribution < -0.4 is 19.1 Å². The maximum absolute atomic E-state index is 12.9. The molecule has 0 bridgehead atoms. The molecule has 0 radical (unpaired) electrons. The van der Waals surface area contributed by atoms with E-state index in [1.165, 1.54) is 0 Å². The lowest BCUT2D eigenvalue weighted by atomic mass is 10.1. The molecule has 1 aromatic heterocycles. The highest BCUT2D eigenvalue weighted by Gasteiger charge is 2.23. The quantitative estimate of drug-likeness (QED) is 0.426. The van der Waals surface area contributed by atoms with Crippen LogP contribution in [0.2, 0.25) is 0 Å². The van der Waals surface area contributed by atoms with Crippen molar-refractivity contribution in [2.75, 3.05) is 51.9 Å². The number of amides is 1. The molecule has 1 fully saturated rings. The Morgan fingerprint density at radius 3 is 2.26 bits per heavy atom. The Kier molecular flexibility index (Phi) is 8.03. The van der Waals surface area contributed by atoms with Crippen molar-refractivity contribution in [2.45, 2.75) is 19.8 Å². The molecular weight excluding hydrogens is 444 g/mol. The van der Waals surface area contributed by atoms with Crippen molar-refractivity contribution in [3.05, 3.63) is 60.2 Å². The summed E-state index contributed by atoms with van der Waals surface area (Å²) in [7, 11) is 3.26. The van der Waals surface area contributed by atoms with Crippen LogP contribution in [0.15, 0.2) is 54.6 Å². The van der Waals surface area contributed by atoms with Crippen LogP contribution in [0.4, 0.5) is 5.82 Å². The first-order chi connectivity index (χ1) is 17.1. The highest BCUT2D eigenvalue weighted by Crippen LogP contribution is 2.32. The normalized spacial score (nSPS) is 13.5. The Balaban J connectivity index is 1.35. The monoisotopic (exact) mass is 476 g/mol. The molecule has 8 heteroatoms. The van der Waals surface area contributed by atoms with E-state index in [1.807, 2.05) is 59.5 Å². The van der Waals surface area contributed by atoms with Crippen molar-refractivity contribution >= 4 is 11.7 Å². The minimum atomic E-state index is 0.0383. The lowest BCUT2D eigenvalue weighted by Crippen LogP contribution is -2.49. The van der Waals surface area contributed by atoms with Crippen molar-refractivity contribution in [3.63, 3.8) is 0 Å². The number of methoxy groups -OCH3 is 2. The Morgan fingerprint density at radius 1 is 0.886 bits per heavy atom. The number of ether oxygens (including phenoxy) is 3. The van der Waals surface area contributed by atoms with Gasteiger partial charge in [-0.15, -0.1) is 10.2 Å². The molecular formula is C27H32N4O4. The minimum absolute atomic E-state index is 0.0383. The lowest BCUT2D eigenvalue weighted by molar-refractivity contribution is 0.0746. The van der Waals surface area contributed by atoms with Gasteiger partial charge in [-0.3, -0.25) is 4.79 Å². The molecule has 0 unspecified atom stereocenters. The fourth-order valence-electron chi connectivity index (χ4n) is 4.00. The van der Waals surface area contributed by atoms with Crippen molar-refractivity contribution in [1.82, 2.24) is 15.1 Å². The molecule has 35 heavy (non-hydrogen) atoms. The molecule has 2 heterocycles. The SMILES string of the molecule is CCCCOc1ccc(C(=O)N2CCN(c3ccc(-c4cc(OC)ccc4OC)nn3)CC2)cc1. The van der Waals surface area contributed by atoms with Crippen molar-refractivity contribution in [2.24, 2.45) is 0 Å². The molecule has 0 spiro atoms. The van der Waals surface area contributed by atoms with E-state index in [1.54, 1.807) is 14.2 Å². The average Bonchev–Trinajstić information content (AvgIpc) is 2.93. The van der Waals surface area contributed by atoms with E-state index in [9.17, 15) is 4.79 Å².